The molecule has 3 N–H and O–H groups in total. The number of hydrogen-bond acceptors (Lipinski definition) is 6. The minimum absolute atomic E-state index is 0.0337. The molecule has 8 nitrogen and oxygen atoms in total. The zero-order valence-electron chi connectivity index (χ0n) is 12.7. The molecule has 0 radical (unpaired) electrons. The quantitative estimate of drug-likeness (QED) is 0.370. The molecule has 0 bridgehead atoms. The van der Waals surface area contributed by atoms with E-state index >= 15 is 0 Å². The van der Waals surface area contributed by atoms with Gasteiger partial charge >= 0.3 is 5.97 Å². The maximum absolute atomic E-state index is 12.0. The van der Waals surface area contributed by atoms with Crippen LogP contribution in [0.25, 0.3) is 0 Å². The van der Waals surface area contributed by atoms with Gasteiger partial charge in [-0.3, -0.25) is 4.79 Å². The highest BCUT2D eigenvalue weighted by atomic mass is 16.7. The molecule has 1 aromatic rings. The predicted molar refractivity (Wildman–Crippen MR) is 81.5 cm³/mol. The molecular formula is C15H17N3O5. The van der Waals surface area contributed by atoms with Crippen molar-refractivity contribution in [3.05, 3.63) is 41.6 Å². The van der Waals surface area contributed by atoms with Crippen molar-refractivity contribution in [2.75, 3.05) is 26.1 Å². The van der Waals surface area contributed by atoms with Gasteiger partial charge < -0.3 is 25.2 Å². The third-order valence-electron chi connectivity index (χ3n) is 2.79. The largest absolute Gasteiger partial charge is 0.478 e. The molecule has 0 atom stereocenters. The van der Waals surface area contributed by atoms with Crippen LogP contribution in [0, 0.1) is 11.3 Å². The molecule has 0 heterocycles. The summed E-state index contributed by atoms with van der Waals surface area (Å²) in [5.74, 6) is -1.77. The van der Waals surface area contributed by atoms with Crippen molar-refractivity contribution in [2.45, 2.75) is 6.29 Å². The lowest BCUT2D eigenvalue weighted by Crippen LogP contribution is -2.27. The van der Waals surface area contributed by atoms with Gasteiger partial charge in [-0.05, 0) is 18.2 Å². The summed E-state index contributed by atoms with van der Waals surface area (Å²) in [6.45, 7) is 0.250. The Labute approximate surface area is 133 Å². The van der Waals surface area contributed by atoms with Crippen LogP contribution in [0.15, 0.2) is 36.0 Å². The molecule has 122 valence electrons. The van der Waals surface area contributed by atoms with Crippen molar-refractivity contribution >= 4 is 17.6 Å². The Morgan fingerprint density at radius 3 is 2.65 bits per heavy atom. The molecule has 1 rings (SSSR count). The van der Waals surface area contributed by atoms with E-state index in [0.717, 1.165) is 0 Å². The van der Waals surface area contributed by atoms with Crippen molar-refractivity contribution in [3.63, 3.8) is 0 Å². The average Bonchev–Trinajstić information content (AvgIpc) is 2.55. The summed E-state index contributed by atoms with van der Waals surface area (Å²) in [5, 5.41) is 23.1. The highest BCUT2D eigenvalue weighted by Gasteiger charge is 2.11. The first kappa shape index (κ1) is 18.2. The number of ether oxygens (including phenoxy) is 2. The van der Waals surface area contributed by atoms with Crippen LogP contribution < -0.4 is 10.6 Å². The van der Waals surface area contributed by atoms with Crippen molar-refractivity contribution in [3.8, 4) is 6.07 Å². The van der Waals surface area contributed by atoms with Gasteiger partial charge in [-0.25, -0.2) is 4.79 Å². The second-order valence-electron chi connectivity index (χ2n) is 4.32. The van der Waals surface area contributed by atoms with E-state index in [9.17, 15) is 9.59 Å². The number of nitrogens with zero attached hydrogens (tertiary/aromatic N) is 1. The number of carbonyl (C=O) groups is 2. The number of amides is 1. The fraction of sp³-hybridized carbons (Fsp3) is 0.267. The summed E-state index contributed by atoms with van der Waals surface area (Å²) in [7, 11) is 2.93. The fourth-order valence-electron chi connectivity index (χ4n) is 1.60. The van der Waals surface area contributed by atoms with Crippen molar-refractivity contribution in [2.24, 2.45) is 0 Å². The molecule has 0 unspecified atom stereocenters. The third kappa shape index (κ3) is 5.78. The molecule has 0 aliphatic rings. The second kappa shape index (κ2) is 9.19. The summed E-state index contributed by atoms with van der Waals surface area (Å²) in [5.41, 5.74) is 0.144. The van der Waals surface area contributed by atoms with Crippen LogP contribution in [0.1, 0.15) is 10.4 Å². The van der Waals surface area contributed by atoms with Gasteiger partial charge in [0.15, 0.2) is 6.29 Å². The number of benzene rings is 1. The monoisotopic (exact) mass is 319 g/mol. The van der Waals surface area contributed by atoms with Crippen molar-refractivity contribution in [1.29, 1.82) is 5.26 Å². The first-order valence-electron chi connectivity index (χ1n) is 6.55. The van der Waals surface area contributed by atoms with E-state index in [0.29, 0.717) is 0 Å². The lowest BCUT2D eigenvalue weighted by molar-refractivity contribution is -0.112. The molecule has 0 saturated carbocycles. The normalized spacial score (nSPS) is 11.0. The molecule has 0 aromatic heterocycles. The molecule has 1 aromatic carbocycles. The van der Waals surface area contributed by atoms with Gasteiger partial charge in [0.25, 0.3) is 5.91 Å². The van der Waals surface area contributed by atoms with Crippen molar-refractivity contribution < 1.29 is 24.2 Å². The Kier molecular flexibility index (Phi) is 7.26. The number of carboxylic acids is 1. The second-order valence-corrected chi connectivity index (χ2v) is 4.32. The molecule has 0 aliphatic carbocycles. The zero-order valence-corrected chi connectivity index (χ0v) is 12.7. The third-order valence-corrected chi connectivity index (χ3v) is 2.79. The van der Waals surface area contributed by atoms with Crippen LogP contribution in [-0.2, 0) is 14.3 Å². The van der Waals surface area contributed by atoms with Crippen LogP contribution in [0.2, 0.25) is 0 Å². The molecule has 23 heavy (non-hydrogen) atoms. The molecule has 8 heteroatoms. The van der Waals surface area contributed by atoms with Crippen molar-refractivity contribution in [1.82, 2.24) is 5.32 Å². The number of rotatable bonds is 8. The van der Waals surface area contributed by atoms with Crippen LogP contribution in [-0.4, -0.2) is 44.0 Å². The molecule has 0 aliphatic heterocycles. The Bertz CT molecular complexity index is 632. The summed E-state index contributed by atoms with van der Waals surface area (Å²) in [6.07, 6.45) is 0.725. The number of methoxy groups -OCH3 is 2. The van der Waals surface area contributed by atoms with E-state index in [-0.39, 0.29) is 23.4 Å². The van der Waals surface area contributed by atoms with Crippen LogP contribution in [0.4, 0.5) is 5.69 Å². The fourth-order valence-corrected chi connectivity index (χ4v) is 1.60. The van der Waals surface area contributed by atoms with Gasteiger partial charge in [0.2, 0.25) is 0 Å². The highest BCUT2D eigenvalue weighted by molar-refractivity contribution is 6.06. The van der Waals surface area contributed by atoms with Crippen LogP contribution in [0.3, 0.4) is 0 Å². The lowest BCUT2D eigenvalue weighted by Gasteiger charge is -2.13. The van der Waals surface area contributed by atoms with E-state index in [1.165, 1.54) is 44.7 Å². The molecule has 1 amide bonds. The Hall–Kier alpha value is -2.89. The smallest absolute Gasteiger partial charge is 0.335 e. The summed E-state index contributed by atoms with van der Waals surface area (Å²) < 4.78 is 9.91. The standard InChI is InChI=1S/C15H17N3O5/c1-22-13(23-2)9-17-8-11(7-16)14(19)18-12-5-3-4-10(6-12)15(20)21/h3-6,8,13,17H,9H2,1-2H3,(H,18,19)(H,20,21)/b11-8-. The number of nitriles is 1. The predicted octanol–water partition coefficient (Wildman–Crippen LogP) is 0.939. The minimum atomic E-state index is -1.11. The maximum atomic E-state index is 12.0. The summed E-state index contributed by atoms with van der Waals surface area (Å²) in [6, 6.07) is 7.48. The Morgan fingerprint density at radius 1 is 1.39 bits per heavy atom. The Morgan fingerprint density at radius 2 is 2.09 bits per heavy atom. The zero-order chi connectivity index (χ0) is 17.2. The minimum Gasteiger partial charge on any atom is -0.478 e. The van der Waals surface area contributed by atoms with Gasteiger partial charge in [0, 0.05) is 26.1 Å². The number of carbonyl (C=O) groups excluding carboxylic acids is 1. The number of carboxylic acid groups (broad SMARTS) is 1. The lowest BCUT2D eigenvalue weighted by atomic mass is 10.2. The van der Waals surface area contributed by atoms with E-state index in [1.807, 2.05) is 0 Å². The summed E-state index contributed by atoms with van der Waals surface area (Å²) >= 11 is 0. The molecule has 0 saturated heterocycles. The summed E-state index contributed by atoms with van der Waals surface area (Å²) in [4.78, 5) is 22.9. The van der Waals surface area contributed by atoms with Gasteiger partial charge in [0.1, 0.15) is 11.6 Å². The average molecular weight is 319 g/mol. The van der Waals surface area contributed by atoms with E-state index in [1.54, 1.807) is 6.07 Å². The van der Waals surface area contributed by atoms with E-state index in [2.05, 4.69) is 10.6 Å². The number of hydrogen-bond donors (Lipinski definition) is 3. The molecule has 0 fully saturated rings. The molecular weight excluding hydrogens is 302 g/mol. The van der Waals surface area contributed by atoms with Gasteiger partial charge in [-0.1, -0.05) is 6.07 Å². The maximum Gasteiger partial charge on any atom is 0.335 e. The van der Waals surface area contributed by atoms with Crippen LogP contribution >= 0.6 is 0 Å². The number of nitrogens with one attached hydrogen (secondary N) is 2. The number of anilines is 1. The first-order valence-corrected chi connectivity index (χ1v) is 6.55. The van der Waals surface area contributed by atoms with Gasteiger partial charge in [0.05, 0.1) is 12.1 Å². The topological polar surface area (TPSA) is 121 Å². The van der Waals surface area contributed by atoms with Gasteiger partial charge in [-0.2, -0.15) is 5.26 Å². The first-order chi connectivity index (χ1) is 11.0. The Balaban J connectivity index is 2.72. The van der Waals surface area contributed by atoms with Crippen LogP contribution in [0.5, 0.6) is 0 Å². The van der Waals surface area contributed by atoms with Gasteiger partial charge in [-0.15, -0.1) is 0 Å². The SMILES string of the molecule is COC(CN/C=C(/C#N)C(=O)Nc1cccc(C(=O)O)c1)OC. The molecule has 0 spiro atoms. The van der Waals surface area contributed by atoms with E-state index in [4.69, 9.17) is 19.8 Å². The number of aromatic carboxylic acids is 1. The van der Waals surface area contributed by atoms with E-state index < -0.39 is 18.2 Å². The highest BCUT2D eigenvalue weighted by Crippen LogP contribution is 2.11.